The predicted molar refractivity (Wildman–Crippen MR) is 99.1 cm³/mol. The Morgan fingerprint density at radius 3 is 2.12 bits per heavy atom. The maximum atomic E-state index is 11.7. The van der Waals surface area contributed by atoms with Crippen LogP contribution in [-0.2, 0) is 31.3 Å². The molecule has 0 spiro atoms. The molecule has 0 saturated heterocycles. The third kappa shape index (κ3) is 8.41. The van der Waals surface area contributed by atoms with Gasteiger partial charge in [-0.05, 0) is 36.8 Å². The Morgan fingerprint density at radius 1 is 0.923 bits per heavy atom. The van der Waals surface area contributed by atoms with Crippen molar-refractivity contribution in [2.75, 3.05) is 6.61 Å². The van der Waals surface area contributed by atoms with E-state index in [1.165, 1.54) is 5.56 Å². The highest BCUT2D eigenvalue weighted by molar-refractivity contribution is 7.47. The number of benzene rings is 2. The summed E-state index contributed by atoms with van der Waals surface area (Å²) in [5, 5.41) is 0. The summed E-state index contributed by atoms with van der Waals surface area (Å²) in [5.41, 5.74) is 4.19. The van der Waals surface area contributed by atoms with Gasteiger partial charge < -0.3 is 4.89 Å². The number of aryl methyl sites for hydroxylation is 1. The first-order valence-corrected chi connectivity index (χ1v) is 10.1. The zero-order valence-electron chi connectivity index (χ0n) is 14.5. The Morgan fingerprint density at radius 2 is 1.50 bits per heavy atom. The van der Waals surface area contributed by atoms with E-state index in [2.05, 4.69) is 4.62 Å². The van der Waals surface area contributed by atoms with Crippen LogP contribution in [0, 0.1) is 0 Å². The Kier molecular flexibility index (Phi) is 8.51. The predicted octanol–water partition coefficient (Wildman–Crippen LogP) is 3.81. The van der Waals surface area contributed by atoms with Crippen LogP contribution in [0.5, 0.6) is 0 Å². The van der Waals surface area contributed by atoms with Gasteiger partial charge in [-0.3, -0.25) is 9.32 Å². The lowest BCUT2D eigenvalue weighted by molar-refractivity contribution is -0.128. The van der Waals surface area contributed by atoms with Crippen molar-refractivity contribution in [2.24, 2.45) is 0 Å². The third-order valence-electron chi connectivity index (χ3n) is 3.72. The number of hydroxylamine groups is 1. The molecule has 1 atom stereocenters. The standard InChI is InChI=1S/C19H24NO5P/c21-19(14-8-7-13-17-9-3-1-4-10-17)20-25-26(22,23)24-16-15-18-11-5-2-6-12-18/h1-6,9-12H,7-8,13-16H2,(H,20,21)(H,22,23). The molecule has 2 aromatic carbocycles. The van der Waals surface area contributed by atoms with Crippen molar-refractivity contribution in [3.8, 4) is 0 Å². The molecule has 140 valence electrons. The molecule has 0 bridgehead atoms. The fourth-order valence-corrected chi connectivity index (χ4v) is 2.96. The first-order chi connectivity index (χ1) is 12.6. The van der Waals surface area contributed by atoms with E-state index in [-0.39, 0.29) is 13.0 Å². The van der Waals surface area contributed by atoms with Gasteiger partial charge in [-0.15, -0.1) is 0 Å². The summed E-state index contributed by atoms with van der Waals surface area (Å²) in [6.07, 6.45) is 3.09. The molecule has 1 amide bonds. The summed E-state index contributed by atoms with van der Waals surface area (Å²) >= 11 is 0. The molecule has 0 aromatic heterocycles. The molecule has 2 aromatic rings. The lowest BCUT2D eigenvalue weighted by Crippen LogP contribution is -2.22. The second kappa shape index (κ2) is 10.9. The average molecular weight is 377 g/mol. The van der Waals surface area contributed by atoms with Crippen molar-refractivity contribution >= 4 is 13.7 Å². The number of rotatable bonds is 11. The number of carbonyl (C=O) groups is 1. The molecular formula is C19H24NO5P. The van der Waals surface area contributed by atoms with Gasteiger partial charge in [-0.2, -0.15) is 4.62 Å². The molecule has 2 N–H and O–H groups in total. The summed E-state index contributed by atoms with van der Waals surface area (Å²) < 4.78 is 21.1. The van der Waals surface area contributed by atoms with E-state index in [9.17, 15) is 14.3 Å². The monoisotopic (exact) mass is 377 g/mol. The minimum atomic E-state index is -4.30. The van der Waals surface area contributed by atoms with Crippen molar-refractivity contribution in [3.63, 3.8) is 0 Å². The average Bonchev–Trinajstić information content (AvgIpc) is 2.65. The van der Waals surface area contributed by atoms with Crippen LogP contribution in [0.25, 0.3) is 0 Å². The van der Waals surface area contributed by atoms with Gasteiger partial charge in [0.05, 0.1) is 6.61 Å². The van der Waals surface area contributed by atoms with E-state index >= 15 is 0 Å². The highest BCUT2D eigenvalue weighted by Gasteiger charge is 2.22. The van der Waals surface area contributed by atoms with Gasteiger partial charge in [0, 0.05) is 6.42 Å². The van der Waals surface area contributed by atoms with Crippen LogP contribution in [0.2, 0.25) is 0 Å². The fraction of sp³-hybridized carbons (Fsp3) is 0.316. The second-order valence-electron chi connectivity index (χ2n) is 5.85. The van der Waals surface area contributed by atoms with Gasteiger partial charge in [0.2, 0.25) is 5.91 Å². The highest BCUT2D eigenvalue weighted by atomic mass is 31.2. The molecule has 0 aliphatic carbocycles. The lowest BCUT2D eigenvalue weighted by atomic mass is 10.1. The molecular weight excluding hydrogens is 353 g/mol. The van der Waals surface area contributed by atoms with Gasteiger partial charge in [0.25, 0.3) is 0 Å². The number of hydrogen-bond acceptors (Lipinski definition) is 4. The molecule has 0 aliphatic rings. The molecule has 6 nitrogen and oxygen atoms in total. The molecule has 0 heterocycles. The van der Waals surface area contributed by atoms with Crippen LogP contribution in [0.1, 0.15) is 30.4 Å². The van der Waals surface area contributed by atoms with Crippen molar-refractivity contribution in [3.05, 3.63) is 71.8 Å². The van der Waals surface area contributed by atoms with E-state index < -0.39 is 13.7 Å². The molecule has 2 rings (SSSR count). The van der Waals surface area contributed by atoms with E-state index in [0.29, 0.717) is 12.8 Å². The van der Waals surface area contributed by atoms with Gasteiger partial charge >= 0.3 is 7.82 Å². The van der Waals surface area contributed by atoms with Crippen molar-refractivity contribution in [1.82, 2.24) is 5.48 Å². The Bertz CT molecular complexity index is 708. The lowest BCUT2D eigenvalue weighted by Gasteiger charge is -2.12. The molecule has 0 aliphatic heterocycles. The number of unbranched alkanes of at least 4 members (excludes halogenated alkanes) is 1. The minimum Gasteiger partial charge on any atom is -0.301 e. The molecule has 0 saturated carbocycles. The van der Waals surface area contributed by atoms with Crippen LogP contribution < -0.4 is 5.48 Å². The number of amides is 1. The van der Waals surface area contributed by atoms with Gasteiger partial charge in [0.15, 0.2) is 0 Å². The maximum Gasteiger partial charge on any atom is 0.493 e. The van der Waals surface area contributed by atoms with E-state index in [0.717, 1.165) is 18.4 Å². The molecule has 0 radical (unpaired) electrons. The topological polar surface area (TPSA) is 84.9 Å². The zero-order valence-corrected chi connectivity index (χ0v) is 15.4. The van der Waals surface area contributed by atoms with Crippen molar-refractivity contribution < 1.29 is 23.4 Å². The Labute approximate surface area is 153 Å². The minimum absolute atomic E-state index is 0.0186. The summed E-state index contributed by atoms with van der Waals surface area (Å²) in [4.78, 5) is 21.2. The number of hydrogen-bond donors (Lipinski definition) is 2. The Balaban J connectivity index is 1.57. The summed E-state index contributed by atoms with van der Waals surface area (Å²) in [6.45, 7) is 0.0186. The first kappa shape index (κ1) is 20.3. The Hall–Kier alpha value is -1.98. The van der Waals surface area contributed by atoms with E-state index in [1.54, 1.807) is 0 Å². The van der Waals surface area contributed by atoms with Crippen LogP contribution in [-0.4, -0.2) is 17.4 Å². The summed E-state index contributed by atoms with van der Waals surface area (Å²) in [7, 11) is -4.30. The third-order valence-corrected chi connectivity index (χ3v) is 4.56. The smallest absolute Gasteiger partial charge is 0.301 e. The van der Waals surface area contributed by atoms with Crippen LogP contribution in [0.15, 0.2) is 60.7 Å². The summed E-state index contributed by atoms with van der Waals surface area (Å²) in [6, 6.07) is 19.4. The zero-order chi connectivity index (χ0) is 18.7. The van der Waals surface area contributed by atoms with E-state index in [4.69, 9.17) is 4.52 Å². The normalized spacial score (nSPS) is 13.1. The number of nitrogens with one attached hydrogen (secondary N) is 1. The second-order valence-corrected chi connectivity index (χ2v) is 7.22. The molecule has 26 heavy (non-hydrogen) atoms. The summed E-state index contributed by atoms with van der Waals surface area (Å²) in [5.74, 6) is -0.445. The van der Waals surface area contributed by atoms with Crippen LogP contribution in [0.4, 0.5) is 0 Å². The number of phosphoric ester groups is 1. The molecule has 7 heteroatoms. The fourth-order valence-electron chi connectivity index (χ4n) is 2.37. The van der Waals surface area contributed by atoms with Crippen molar-refractivity contribution in [2.45, 2.75) is 32.1 Å². The van der Waals surface area contributed by atoms with Gasteiger partial charge in [-0.1, -0.05) is 60.7 Å². The van der Waals surface area contributed by atoms with E-state index in [1.807, 2.05) is 66.1 Å². The van der Waals surface area contributed by atoms with Gasteiger partial charge in [0.1, 0.15) is 0 Å². The number of phosphoric acid groups is 1. The van der Waals surface area contributed by atoms with Crippen LogP contribution in [0.3, 0.4) is 0 Å². The molecule has 0 fully saturated rings. The highest BCUT2D eigenvalue weighted by Crippen LogP contribution is 2.41. The number of carbonyl (C=O) groups excluding carboxylic acids is 1. The largest absolute Gasteiger partial charge is 0.493 e. The first-order valence-electron chi connectivity index (χ1n) is 8.58. The van der Waals surface area contributed by atoms with Crippen molar-refractivity contribution in [1.29, 1.82) is 0 Å². The maximum absolute atomic E-state index is 11.7. The SMILES string of the molecule is O=C(CCCCc1ccccc1)NOP(=O)(O)OCCc1ccccc1. The quantitative estimate of drug-likeness (QED) is 0.353. The van der Waals surface area contributed by atoms with Crippen LogP contribution >= 0.6 is 7.82 Å². The van der Waals surface area contributed by atoms with Gasteiger partial charge in [-0.25, -0.2) is 10.0 Å². The molecule has 1 unspecified atom stereocenters.